The third kappa shape index (κ3) is 4.53. The molecule has 0 aliphatic rings. The summed E-state index contributed by atoms with van der Waals surface area (Å²) in [7, 11) is 0.0935. The van der Waals surface area contributed by atoms with E-state index in [0.29, 0.717) is 17.0 Å². The maximum absolute atomic E-state index is 12.6. The molecule has 1 unspecified atom stereocenters. The number of hydrogen-bond donors (Lipinski definition) is 0. The number of methoxy groups -OCH3 is 1. The summed E-state index contributed by atoms with van der Waals surface area (Å²) < 4.78 is 22.5. The van der Waals surface area contributed by atoms with Gasteiger partial charge < -0.3 is 4.74 Å². The van der Waals surface area contributed by atoms with Crippen molar-refractivity contribution in [1.82, 2.24) is 4.98 Å². The molecule has 0 amide bonds. The topological polar surface area (TPSA) is 75.3 Å². The fourth-order valence-corrected chi connectivity index (χ4v) is 3.16. The molecule has 1 aromatic heterocycles. The first-order valence-electron chi connectivity index (χ1n) is 7.48. The van der Waals surface area contributed by atoms with Crippen molar-refractivity contribution >= 4 is 32.6 Å². The smallest absolute Gasteiger partial charge is 0.149 e. The van der Waals surface area contributed by atoms with E-state index in [1.165, 1.54) is 0 Å². The number of nitrogens with zero attached hydrogens (tertiary/aromatic N) is 3. The van der Waals surface area contributed by atoms with E-state index in [0.717, 1.165) is 10.0 Å². The Balaban J connectivity index is 2.70. The van der Waals surface area contributed by atoms with Gasteiger partial charge in [0.15, 0.2) is 0 Å². The van der Waals surface area contributed by atoms with E-state index < -0.39 is 15.7 Å². The number of ether oxygens (including phenoxy) is 1. The minimum atomic E-state index is -1.49. The lowest BCUT2D eigenvalue weighted by Crippen LogP contribution is -2.21. The first-order chi connectivity index (χ1) is 11.8. The van der Waals surface area contributed by atoms with Gasteiger partial charge in [0.1, 0.15) is 28.5 Å². The van der Waals surface area contributed by atoms with Crippen molar-refractivity contribution in [2.24, 2.45) is 4.40 Å². The third-order valence-corrected chi connectivity index (χ3v) is 5.31. The Morgan fingerprint density at radius 2 is 2.08 bits per heavy atom. The monoisotopic (exact) mass is 419 g/mol. The van der Waals surface area contributed by atoms with Crippen LogP contribution >= 0.6 is 15.9 Å². The number of nitriles is 1. The second kappa shape index (κ2) is 7.89. The van der Waals surface area contributed by atoms with E-state index in [-0.39, 0.29) is 5.69 Å². The Hall–Kier alpha value is -2.04. The first kappa shape index (κ1) is 19.3. The Bertz CT molecular complexity index is 883. The fourth-order valence-electron chi connectivity index (χ4n) is 1.98. The Kier molecular flexibility index (Phi) is 6.09. The average molecular weight is 420 g/mol. The number of aromatic nitrogens is 1. The van der Waals surface area contributed by atoms with E-state index in [1.807, 2.05) is 32.9 Å². The summed E-state index contributed by atoms with van der Waals surface area (Å²) in [6.07, 6.45) is 1.55. The molecule has 0 spiro atoms. The first-order valence-corrected chi connectivity index (χ1v) is 9.38. The number of rotatable bonds is 4. The molecule has 0 N–H and O–H groups in total. The highest BCUT2D eigenvalue weighted by Crippen LogP contribution is 2.28. The Morgan fingerprint density at radius 1 is 1.36 bits per heavy atom. The third-order valence-electron chi connectivity index (χ3n) is 3.29. The van der Waals surface area contributed by atoms with Gasteiger partial charge in [-0.25, -0.2) is 9.19 Å². The molecule has 7 heteroatoms. The summed E-state index contributed by atoms with van der Waals surface area (Å²) in [5.41, 5.74) is 1.95. The molecule has 0 fully saturated rings. The normalized spacial score (nSPS) is 13.2. The predicted molar refractivity (Wildman–Crippen MR) is 103 cm³/mol. The van der Waals surface area contributed by atoms with E-state index in [2.05, 4.69) is 31.4 Å². The van der Waals surface area contributed by atoms with Crippen molar-refractivity contribution in [2.45, 2.75) is 25.5 Å². The zero-order chi connectivity index (χ0) is 18.6. The molecule has 0 aliphatic heterocycles. The summed E-state index contributed by atoms with van der Waals surface area (Å²) in [5.74, 6) is 0.673. The zero-order valence-corrected chi connectivity index (χ0v) is 16.8. The van der Waals surface area contributed by atoms with E-state index in [1.54, 1.807) is 31.5 Å². The summed E-state index contributed by atoms with van der Waals surface area (Å²) in [4.78, 5) is 4.09. The van der Waals surface area contributed by atoms with Crippen LogP contribution in [0.25, 0.3) is 0 Å². The summed E-state index contributed by atoms with van der Waals surface area (Å²) >= 11 is 3.45. The van der Waals surface area contributed by atoms with Gasteiger partial charge in [-0.1, -0.05) is 0 Å². The van der Waals surface area contributed by atoms with Crippen LogP contribution in [-0.4, -0.2) is 26.8 Å². The number of halogens is 1. The van der Waals surface area contributed by atoms with Crippen LogP contribution < -0.4 is 4.74 Å². The van der Waals surface area contributed by atoms with E-state index in [4.69, 9.17) is 4.74 Å². The Labute approximate surface area is 158 Å². The summed E-state index contributed by atoms with van der Waals surface area (Å²) in [6.45, 7) is 5.55. The van der Waals surface area contributed by atoms with Gasteiger partial charge >= 0.3 is 0 Å². The van der Waals surface area contributed by atoms with Crippen molar-refractivity contribution in [1.29, 1.82) is 5.26 Å². The maximum Gasteiger partial charge on any atom is 0.149 e. The van der Waals surface area contributed by atoms with Crippen LogP contribution in [0, 0.1) is 11.3 Å². The van der Waals surface area contributed by atoms with Crippen LogP contribution in [0.5, 0.6) is 5.75 Å². The minimum Gasteiger partial charge on any atom is -0.496 e. The average Bonchev–Trinajstić information content (AvgIpc) is 2.58. The molecule has 0 saturated carbocycles. The quantitative estimate of drug-likeness (QED) is 0.701. The molecule has 0 saturated heterocycles. The summed E-state index contributed by atoms with van der Waals surface area (Å²) in [5, 5.41) is 9.37. The van der Waals surface area contributed by atoms with Crippen LogP contribution in [0.3, 0.4) is 0 Å². The minimum absolute atomic E-state index is 0.235. The van der Waals surface area contributed by atoms with Crippen molar-refractivity contribution in [3.05, 3.63) is 57.8 Å². The van der Waals surface area contributed by atoms with Gasteiger partial charge in [-0.3, -0.25) is 0 Å². The predicted octanol–water partition coefficient (Wildman–Crippen LogP) is 4.02. The Morgan fingerprint density at radius 3 is 2.64 bits per heavy atom. The van der Waals surface area contributed by atoms with Crippen molar-refractivity contribution in [3.63, 3.8) is 0 Å². The fraction of sp³-hybridized carbons (Fsp3) is 0.278. The van der Waals surface area contributed by atoms with Gasteiger partial charge in [-0.05, 0) is 67.0 Å². The van der Waals surface area contributed by atoms with Gasteiger partial charge in [0, 0.05) is 17.3 Å². The SMILES string of the molecule is COc1ccc(/C(=N\S(=O)C(C)(C)C)c2cccnc2C#N)cc1Br. The molecule has 130 valence electrons. The van der Waals surface area contributed by atoms with Crippen molar-refractivity contribution < 1.29 is 8.95 Å². The summed E-state index contributed by atoms with van der Waals surface area (Å²) in [6, 6.07) is 11.0. The van der Waals surface area contributed by atoms with Gasteiger partial charge in [0.05, 0.1) is 22.0 Å². The van der Waals surface area contributed by atoms with Crippen LogP contribution in [0.1, 0.15) is 37.6 Å². The molecule has 0 bridgehead atoms. The van der Waals surface area contributed by atoms with Crippen LogP contribution in [0.2, 0.25) is 0 Å². The van der Waals surface area contributed by atoms with Gasteiger partial charge in [0.25, 0.3) is 0 Å². The molecule has 0 radical (unpaired) electrons. The standard InChI is InChI=1S/C18H18BrN3O2S/c1-18(2,3)25(23)22-17(13-6-5-9-21-15(13)11-20)12-7-8-16(24-4)14(19)10-12/h5-10H,1-4H3/b22-17+. The van der Waals surface area contributed by atoms with Crippen LogP contribution in [-0.2, 0) is 11.0 Å². The lowest BCUT2D eigenvalue weighted by Gasteiger charge is -2.16. The molecule has 2 aromatic rings. The van der Waals surface area contributed by atoms with Gasteiger partial charge in [0.2, 0.25) is 0 Å². The molecule has 1 heterocycles. The molecule has 0 aliphatic carbocycles. The molecule has 1 atom stereocenters. The molecule has 1 aromatic carbocycles. The molecule has 25 heavy (non-hydrogen) atoms. The zero-order valence-electron chi connectivity index (χ0n) is 14.4. The van der Waals surface area contributed by atoms with Gasteiger partial charge in [-0.2, -0.15) is 9.66 Å². The molecule has 2 rings (SSSR count). The van der Waals surface area contributed by atoms with E-state index >= 15 is 0 Å². The van der Waals surface area contributed by atoms with Crippen LogP contribution in [0.4, 0.5) is 0 Å². The molecular formula is C18H18BrN3O2S. The number of benzene rings is 1. The molecule has 5 nitrogen and oxygen atoms in total. The van der Waals surface area contributed by atoms with Crippen molar-refractivity contribution in [3.8, 4) is 11.8 Å². The lowest BCUT2D eigenvalue weighted by molar-refractivity contribution is 0.412. The van der Waals surface area contributed by atoms with Crippen molar-refractivity contribution in [2.75, 3.05) is 7.11 Å². The van der Waals surface area contributed by atoms with E-state index in [9.17, 15) is 9.47 Å². The number of pyridine rings is 1. The lowest BCUT2D eigenvalue weighted by atomic mass is 10.0. The number of hydrogen-bond acceptors (Lipinski definition) is 4. The highest BCUT2D eigenvalue weighted by molar-refractivity contribution is 9.10. The van der Waals surface area contributed by atoms with Crippen LogP contribution in [0.15, 0.2) is 45.4 Å². The highest BCUT2D eigenvalue weighted by atomic mass is 79.9. The van der Waals surface area contributed by atoms with Gasteiger partial charge in [-0.15, -0.1) is 0 Å². The second-order valence-electron chi connectivity index (χ2n) is 6.16. The largest absolute Gasteiger partial charge is 0.496 e. The maximum atomic E-state index is 12.6. The molecular weight excluding hydrogens is 402 g/mol. The highest BCUT2D eigenvalue weighted by Gasteiger charge is 2.22. The second-order valence-corrected chi connectivity index (χ2v) is 8.92.